The Morgan fingerprint density at radius 1 is 0.933 bits per heavy atom. The summed E-state index contributed by atoms with van der Waals surface area (Å²) in [5.74, 6) is 0.754. The summed E-state index contributed by atoms with van der Waals surface area (Å²) in [5.41, 5.74) is 6.06. The maximum atomic E-state index is 6.41. The van der Waals surface area contributed by atoms with Crippen molar-refractivity contribution in [3.05, 3.63) is 92.2 Å². The van der Waals surface area contributed by atoms with Gasteiger partial charge < -0.3 is 9.30 Å². The molecule has 0 aliphatic carbocycles. The maximum Gasteiger partial charge on any atom is 0.147 e. The Morgan fingerprint density at radius 2 is 1.70 bits per heavy atom. The topological polar surface area (TPSA) is 27.1 Å². The molecule has 30 heavy (non-hydrogen) atoms. The van der Waals surface area contributed by atoms with Gasteiger partial charge in [0.1, 0.15) is 17.9 Å². The van der Waals surface area contributed by atoms with Crippen LogP contribution in [0, 0.1) is 13.8 Å². The standard InChI is InChI=1S/C23H19Cl3N2O.ClH/c1-14-15(2)28(12-16-5-3-4-6-19(16)25)23-21(9-10-27-22(14)23)29-13-17-7-8-18(24)11-20(17)26;/h3-11H,12-13H2,1-2H3;1H. The van der Waals surface area contributed by atoms with Crippen LogP contribution >= 0.6 is 47.2 Å². The van der Waals surface area contributed by atoms with Crippen molar-refractivity contribution in [3.63, 3.8) is 0 Å². The first kappa shape index (κ1) is 22.8. The van der Waals surface area contributed by atoms with Gasteiger partial charge in [-0.3, -0.25) is 4.98 Å². The number of hydrogen-bond acceptors (Lipinski definition) is 2. The molecule has 0 atom stereocenters. The zero-order valence-electron chi connectivity index (χ0n) is 16.5. The number of aryl methyl sites for hydroxylation is 1. The second-order valence-corrected chi connectivity index (χ2v) is 8.17. The van der Waals surface area contributed by atoms with Gasteiger partial charge in [0, 0.05) is 45.1 Å². The average Bonchev–Trinajstić information content (AvgIpc) is 2.94. The number of nitrogens with zero attached hydrogens (tertiary/aromatic N) is 2. The highest BCUT2D eigenvalue weighted by Gasteiger charge is 2.17. The molecule has 0 aliphatic rings. The minimum Gasteiger partial charge on any atom is -0.487 e. The molecule has 0 aliphatic heterocycles. The van der Waals surface area contributed by atoms with E-state index in [2.05, 4.69) is 23.4 Å². The zero-order valence-corrected chi connectivity index (χ0v) is 19.5. The first-order valence-corrected chi connectivity index (χ1v) is 10.3. The number of hydrogen-bond donors (Lipinski definition) is 0. The van der Waals surface area contributed by atoms with Gasteiger partial charge in [-0.15, -0.1) is 12.4 Å². The van der Waals surface area contributed by atoms with Crippen LogP contribution in [-0.2, 0) is 13.2 Å². The second-order valence-electron chi connectivity index (χ2n) is 6.92. The van der Waals surface area contributed by atoms with Crippen molar-refractivity contribution < 1.29 is 4.74 Å². The van der Waals surface area contributed by atoms with Gasteiger partial charge in [0.15, 0.2) is 0 Å². The molecule has 0 fully saturated rings. The van der Waals surface area contributed by atoms with Crippen LogP contribution in [0.2, 0.25) is 15.1 Å². The van der Waals surface area contributed by atoms with E-state index in [1.54, 1.807) is 12.3 Å². The number of pyridine rings is 1. The highest BCUT2D eigenvalue weighted by molar-refractivity contribution is 6.35. The van der Waals surface area contributed by atoms with E-state index in [4.69, 9.17) is 39.5 Å². The molecule has 2 aromatic carbocycles. The van der Waals surface area contributed by atoms with Gasteiger partial charge in [-0.25, -0.2) is 0 Å². The molecule has 0 bridgehead atoms. The molecule has 0 radical (unpaired) electrons. The van der Waals surface area contributed by atoms with E-state index in [1.165, 1.54) is 0 Å². The summed E-state index contributed by atoms with van der Waals surface area (Å²) in [4.78, 5) is 4.59. The van der Waals surface area contributed by atoms with E-state index in [0.717, 1.165) is 44.2 Å². The molecule has 0 saturated carbocycles. The third-order valence-corrected chi connectivity index (χ3v) is 6.10. The largest absolute Gasteiger partial charge is 0.487 e. The SMILES string of the molecule is Cc1c(C)n(Cc2ccccc2Cl)c2c(OCc3ccc(Cl)cc3Cl)ccnc12.Cl. The van der Waals surface area contributed by atoms with Crippen LogP contribution in [0.1, 0.15) is 22.4 Å². The highest BCUT2D eigenvalue weighted by atomic mass is 35.5. The van der Waals surface area contributed by atoms with E-state index in [1.807, 2.05) is 42.5 Å². The molecule has 7 heteroatoms. The summed E-state index contributed by atoms with van der Waals surface area (Å²) in [6.07, 6.45) is 1.77. The minimum absolute atomic E-state index is 0. The molecule has 2 aromatic heterocycles. The Morgan fingerprint density at radius 3 is 2.43 bits per heavy atom. The van der Waals surface area contributed by atoms with Gasteiger partial charge in [-0.05, 0) is 43.2 Å². The number of benzene rings is 2. The van der Waals surface area contributed by atoms with Crippen molar-refractivity contribution in [2.45, 2.75) is 27.0 Å². The molecule has 156 valence electrons. The number of aromatic nitrogens is 2. The molecule has 0 spiro atoms. The summed E-state index contributed by atoms with van der Waals surface area (Å²) in [6.45, 7) is 5.14. The number of rotatable bonds is 5. The molecular formula is C23H20Cl4N2O. The Bertz CT molecular complexity index is 1200. The van der Waals surface area contributed by atoms with Crippen molar-refractivity contribution in [3.8, 4) is 5.75 Å². The third-order valence-electron chi connectivity index (χ3n) is 5.14. The van der Waals surface area contributed by atoms with Crippen molar-refractivity contribution in [1.29, 1.82) is 0 Å². The Hall–Kier alpha value is -1.91. The van der Waals surface area contributed by atoms with Gasteiger partial charge >= 0.3 is 0 Å². The van der Waals surface area contributed by atoms with Crippen LogP contribution in [0.4, 0.5) is 0 Å². The van der Waals surface area contributed by atoms with Gasteiger partial charge in [0.25, 0.3) is 0 Å². The molecule has 3 nitrogen and oxygen atoms in total. The molecule has 0 unspecified atom stereocenters. The number of ether oxygens (including phenoxy) is 1. The molecule has 0 N–H and O–H groups in total. The predicted octanol–water partition coefficient (Wildman–Crippen LogP) is 7.66. The second kappa shape index (κ2) is 9.49. The van der Waals surface area contributed by atoms with E-state index >= 15 is 0 Å². The van der Waals surface area contributed by atoms with Crippen molar-refractivity contribution in [2.75, 3.05) is 0 Å². The lowest BCUT2D eigenvalue weighted by molar-refractivity contribution is 0.308. The summed E-state index contributed by atoms with van der Waals surface area (Å²) in [5, 5.41) is 1.93. The smallest absolute Gasteiger partial charge is 0.147 e. The van der Waals surface area contributed by atoms with E-state index in [0.29, 0.717) is 23.2 Å². The van der Waals surface area contributed by atoms with Crippen molar-refractivity contribution in [1.82, 2.24) is 9.55 Å². The molecule has 4 aromatic rings. The summed E-state index contributed by atoms with van der Waals surface area (Å²) in [7, 11) is 0. The third kappa shape index (κ3) is 4.40. The first-order valence-electron chi connectivity index (χ1n) is 9.20. The van der Waals surface area contributed by atoms with Crippen LogP contribution in [-0.4, -0.2) is 9.55 Å². The highest BCUT2D eigenvalue weighted by Crippen LogP contribution is 2.33. The Labute approximate surface area is 197 Å². The normalized spacial score (nSPS) is 10.8. The minimum atomic E-state index is 0. The molecule has 4 rings (SSSR count). The summed E-state index contributed by atoms with van der Waals surface area (Å²) < 4.78 is 8.39. The lowest BCUT2D eigenvalue weighted by Crippen LogP contribution is -2.05. The van der Waals surface area contributed by atoms with Gasteiger partial charge in [0.2, 0.25) is 0 Å². The van der Waals surface area contributed by atoms with Crippen molar-refractivity contribution >= 4 is 58.2 Å². The number of halogens is 4. The first-order chi connectivity index (χ1) is 14.0. The Kier molecular flexibility index (Phi) is 7.20. The van der Waals surface area contributed by atoms with E-state index in [9.17, 15) is 0 Å². The molecule has 0 amide bonds. The zero-order chi connectivity index (χ0) is 20.5. The maximum absolute atomic E-state index is 6.41. The van der Waals surface area contributed by atoms with Gasteiger partial charge in [-0.1, -0.05) is 59.1 Å². The fourth-order valence-corrected chi connectivity index (χ4v) is 4.08. The monoisotopic (exact) mass is 480 g/mol. The van der Waals surface area contributed by atoms with Crippen LogP contribution in [0.15, 0.2) is 54.7 Å². The molecule has 2 heterocycles. The quantitative estimate of drug-likeness (QED) is 0.292. The average molecular weight is 482 g/mol. The fraction of sp³-hybridized carbons (Fsp3) is 0.174. The summed E-state index contributed by atoms with van der Waals surface area (Å²) >= 11 is 18.7. The molecule has 0 saturated heterocycles. The summed E-state index contributed by atoms with van der Waals surface area (Å²) in [6, 6.07) is 15.2. The van der Waals surface area contributed by atoms with Crippen LogP contribution < -0.4 is 4.74 Å². The fourth-order valence-electron chi connectivity index (χ4n) is 3.42. The van der Waals surface area contributed by atoms with Gasteiger partial charge in [0.05, 0.1) is 5.52 Å². The Balaban J connectivity index is 0.00000256. The van der Waals surface area contributed by atoms with Gasteiger partial charge in [-0.2, -0.15) is 0 Å². The van der Waals surface area contributed by atoms with Crippen LogP contribution in [0.3, 0.4) is 0 Å². The predicted molar refractivity (Wildman–Crippen MR) is 128 cm³/mol. The van der Waals surface area contributed by atoms with Crippen molar-refractivity contribution in [2.24, 2.45) is 0 Å². The lowest BCUT2D eigenvalue weighted by atomic mass is 10.2. The lowest BCUT2D eigenvalue weighted by Gasteiger charge is -2.14. The van der Waals surface area contributed by atoms with E-state index in [-0.39, 0.29) is 12.4 Å². The van der Waals surface area contributed by atoms with Crippen LogP contribution in [0.5, 0.6) is 5.75 Å². The van der Waals surface area contributed by atoms with Crippen LogP contribution in [0.25, 0.3) is 11.0 Å². The number of fused-ring (bicyclic) bond motifs is 1. The van der Waals surface area contributed by atoms with E-state index < -0.39 is 0 Å². The molecular weight excluding hydrogens is 462 g/mol.